The number of ether oxygens (including phenoxy) is 1. The van der Waals surface area contributed by atoms with Gasteiger partial charge in [-0.05, 0) is 89.2 Å². The third-order valence-corrected chi connectivity index (χ3v) is 6.92. The molecule has 3 rings (SSSR count). The summed E-state index contributed by atoms with van der Waals surface area (Å²) in [5.41, 5.74) is 1.43. The van der Waals surface area contributed by atoms with Crippen molar-refractivity contribution in [1.29, 1.82) is 0 Å². The highest BCUT2D eigenvalue weighted by Gasteiger charge is 2.51. The Labute approximate surface area is 174 Å². The molecule has 1 saturated carbocycles. The highest BCUT2D eigenvalue weighted by Crippen LogP contribution is 2.40. The third kappa shape index (κ3) is 4.58. The normalized spacial score (nSPS) is 26.3. The zero-order valence-corrected chi connectivity index (χ0v) is 18.5. The number of halogens is 1. The number of carbonyl (C=O) groups is 1. The number of carbonyl (C=O) groups excluding carboxylic acids is 1. The molecule has 0 atom stereocenters. The summed E-state index contributed by atoms with van der Waals surface area (Å²) >= 11 is 6.66. The molecular weight excluding hydrogens is 375 g/mol. The van der Waals surface area contributed by atoms with Crippen LogP contribution in [0.5, 0.6) is 0 Å². The van der Waals surface area contributed by atoms with E-state index in [0.717, 1.165) is 36.2 Å². The van der Waals surface area contributed by atoms with Gasteiger partial charge in [-0.15, -0.1) is 0 Å². The van der Waals surface area contributed by atoms with Gasteiger partial charge in [0.15, 0.2) is 0 Å². The molecule has 1 saturated heterocycles. The minimum Gasteiger partial charge on any atom is -0.466 e. The molecule has 1 aliphatic carbocycles. The van der Waals surface area contributed by atoms with E-state index in [0.29, 0.717) is 24.9 Å². The number of hydrogen-bond acceptors (Lipinski definition) is 4. The van der Waals surface area contributed by atoms with Crippen molar-refractivity contribution >= 4 is 30.2 Å². The van der Waals surface area contributed by atoms with Crippen LogP contribution in [0.3, 0.4) is 0 Å². The molecule has 1 aromatic carbocycles. The maximum atomic E-state index is 11.7. The average Bonchev–Trinajstić information content (AvgIpc) is 2.83. The summed E-state index contributed by atoms with van der Waals surface area (Å²) < 4.78 is 17.4. The lowest BCUT2D eigenvalue weighted by Crippen LogP contribution is -2.41. The lowest BCUT2D eigenvalue weighted by molar-refractivity contribution is -0.144. The topological polar surface area (TPSA) is 44.8 Å². The van der Waals surface area contributed by atoms with Crippen LogP contribution in [0.2, 0.25) is 5.02 Å². The zero-order valence-electron chi connectivity index (χ0n) is 17.7. The first-order valence-corrected chi connectivity index (χ1v) is 10.8. The molecule has 0 radical (unpaired) electrons. The summed E-state index contributed by atoms with van der Waals surface area (Å²) in [7, 11) is -0.392. The van der Waals surface area contributed by atoms with Crippen LogP contribution < -0.4 is 5.46 Å². The fourth-order valence-corrected chi connectivity index (χ4v) is 4.48. The fraction of sp³-hybridized carbons (Fsp3) is 0.682. The van der Waals surface area contributed by atoms with Gasteiger partial charge in [-0.2, -0.15) is 0 Å². The van der Waals surface area contributed by atoms with Crippen molar-refractivity contribution in [3.05, 3.63) is 28.8 Å². The van der Waals surface area contributed by atoms with Crippen molar-refractivity contribution in [3.63, 3.8) is 0 Å². The van der Waals surface area contributed by atoms with Gasteiger partial charge in [0, 0.05) is 11.4 Å². The summed E-state index contributed by atoms with van der Waals surface area (Å²) in [4.78, 5) is 11.7. The Hall–Kier alpha value is -1.04. The van der Waals surface area contributed by atoms with Gasteiger partial charge in [0.25, 0.3) is 0 Å². The van der Waals surface area contributed by atoms with Crippen molar-refractivity contribution in [1.82, 2.24) is 0 Å². The first-order valence-electron chi connectivity index (χ1n) is 10.4. The Morgan fingerprint density at radius 1 is 1.14 bits per heavy atom. The van der Waals surface area contributed by atoms with E-state index in [2.05, 4.69) is 39.8 Å². The molecule has 1 aliphatic heterocycles. The second-order valence-corrected chi connectivity index (χ2v) is 9.50. The first kappa shape index (κ1) is 21.7. The minimum absolute atomic E-state index is 0.0734. The molecule has 28 heavy (non-hydrogen) atoms. The molecule has 4 nitrogen and oxygen atoms in total. The van der Waals surface area contributed by atoms with Gasteiger partial charge in [-0.3, -0.25) is 4.79 Å². The van der Waals surface area contributed by atoms with E-state index in [-0.39, 0.29) is 17.2 Å². The predicted octanol–water partition coefficient (Wildman–Crippen LogP) is 4.87. The SMILES string of the molecule is CCOC(=O)C[C@H]1CC[C@@H](c2ccc(B3OC(C)(C)C(C)(C)O3)cc2Cl)CC1. The van der Waals surface area contributed by atoms with Gasteiger partial charge in [-0.1, -0.05) is 23.7 Å². The Balaban J connectivity index is 1.62. The third-order valence-electron chi connectivity index (χ3n) is 6.60. The smallest absolute Gasteiger partial charge is 0.466 e. The van der Waals surface area contributed by atoms with Crippen LogP contribution in [-0.4, -0.2) is 30.9 Å². The molecular formula is C22H32BClO4. The summed E-state index contributed by atoms with van der Waals surface area (Å²) in [5.74, 6) is 0.798. The highest BCUT2D eigenvalue weighted by atomic mass is 35.5. The zero-order chi connectivity index (χ0) is 20.5. The van der Waals surface area contributed by atoms with Gasteiger partial charge >= 0.3 is 13.1 Å². The average molecular weight is 407 g/mol. The van der Waals surface area contributed by atoms with Crippen LogP contribution in [0.25, 0.3) is 0 Å². The Morgan fingerprint density at radius 3 is 2.29 bits per heavy atom. The van der Waals surface area contributed by atoms with E-state index in [4.69, 9.17) is 25.6 Å². The van der Waals surface area contributed by atoms with E-state index >= 15 is 0 Å². The molecule has 1 aromatic rings. The second-order valence-electron chi connectivity index (χ2n) is 9.10. The van der Waals surface area contributed by atoms with Crippen LogP contribution in [0.4, 0.5) is 0 Å². The molecule has 2 fully saturated rings. The highest BCUT2D eigenvalue weighted by molar-refractivity contribution is 6.62. The lowest BCUT2D eigenvalue weighted by atomic mass is 9.75. The van der Waals surface area contributed by atoms with Crippen LogP contribution in [-0.2, 0) is 18.8 Å². The van der Waals surface area contributed by atoms with Gasteiger partial charge in [-0.25, -0.2) is 0 Å². The van der Waals surface area contributed by atoms with Crippen LogP contribution in [0.1, 0.15) is 78.2 Å². The van der Waals surface area contributed by atoms with Crippen LogP contribution in [0.15, 0.2) is 18.2 Å². The second kappa shape index (κ2) is 8.37. The molecule has 6 heteroatoms. The predicted molar refractivity (Wildman–Crippen MR) is 113 cm³/mol. The largest absolute Gasteiger partial charge is 0.494 e. The molecule has 1 heterocycles. The number of esters is 1. The number of hydrogen-bond donors (Lipinski definition) is 0. The van der Waals surface area contributed by atoms with Crippen molar-refractivity contribution in [2.24, 2.45) is 5.92 Å². The molecule has 0 aromatic heterocycles. The minimum atomic E-state index is -0.392. The van der Waals surface area contributed by atoms with Gasteiger partial charge in [0.2, 0.25) is 0 Å². The maximum Gasteiger partial charge on any atom is 0.494 e. The molecule has 0 bridgehead atoms. The quantitative estimate of drug-likeness (QED) is 0.517. The van der Waals surface area contributed by atoms with Crippen molar-refractivity contribution < 1.29 is 18.8 Å². The van der Waals surface area contributed by atoms with Crippen molar-refractivity contribution in [2.45, 2.75) is 83.8 Å². The fourth-order valence-electron chi connectivity index (χ4n) is 4.13. The monoisotopic (exact) mass is 406 g/mol. The molecule has 0 N–H and O–H groups in total. The van der Waals surface area contributed by atoms with E-state index in [1.54, 1.807) is 0 Å². The van der Waals surface area contributed by atoms with Gasteiger partial charge in [0.05, 0.1) is 17.8 Å². The van der Waals surface area contributed by atoms with E-state index in [1.165, 1.54) is 5.56 Å². The molecule has 0 spiro atoms. The molecule has 154 valence electrons. The molecule has 0 amide bonds. The molecule has 2 aliphatic rings. The summed E-state index contributed by atoms with van der Waals surface area (Å²) in [5, 5.41) is 0.779. The van der Waals surface area contributed by atoms with Crippen LogP contribution in [0, 0.1) is 5.92 Å². The first-order chi connectivity index (χ1) is 13.1. The summed E-state index contributed by atoms with van der Waals surface area (Å²) in [6, 6.07) is 6.19. The van der Waals surface area contributed by atoms with Crippen molar-refractivity contribution in [2.75, 3.05) is 6.61 Å². The van der Waals surface area contributed by atoms with Gasteiger partial charge < -0.3 is 14.0 Å². The van der Waals surface area contributed by atoms with E-state index in [9.17, 15) is 4.79 Å². The Bertz CT molecular complexity index is 694. The maximum absolute atomic E-state index is 11.7. The van der Waals surface area contributed by atoms with Gasteiger partial charge in [0.1, 0.15) is 0 Å². The standard InChI is InChI=1S/C22H32BClO4/c1-6-26-20(25)13-15-7-9-16(10-8-15)18-12-11-17(14-19(18)24)23-27-21(2,3)22(4,5)28-23/h11-12,14-16H,6-10,13H2,1-5H3/t15-,16+. The lowest BCUT2D eigenvalue weighted by Gasteiger charge is -2.32. The van der Waals surface area contributed by atoms with E-state index in [1.807, 2.05) is 13.0 Å². The van der Waals surface area contributed by atoms with Crippen LogP contribution >= 0.6 is 11.6 Å². The van der Waals surface area contributed by atoms with Crippen molar-refractivity contribution in [3.8, 4) is 0 Å². The Kier molecular flexibility index (Phi) is 6.48. The molecule has 0 unspecified atom stereocenters. The summed E-state index contributed by atoms with van der Waals surface area (Å²) in [6.45, 7) is 10.5. The number of benzene rings is 1. The number of rotatable bonds is 5. The summed E-state index contributed by atoms with van der Waals surface area (Å²) in [6.07, 6.45) is 4.73. The van der Waals surface area contributed by atoms with E-state index < -0.39 is 7.12 Å². The Morgan fingerprint density at radius 2 is 1.75 bits per heavy atom.